The first-order valence-corrected chi connectivity index (χ1v) is 18.7. The monoisotopic (exact) mass is 712 g/mol. The lowest BCUT2D eigenvalue weighted by Gasteiger charge is -2.17. The van der Waals surface area contributed by atoms with E-state index in [1.165, 1.54) is 41.9 Å². The lowest BCUT2D eigenvalue weighted by Crippen LogP contribution is -1.92. The Bertz CT molecular complexity index is 1890. The van der Waals surface area contributed by atoms with Crippen molar-refractivity contribution >= 4 is 43.1 Å². The van der Waals surface area contributed by atoms with Gasteiger partial charge in [-0.15, -0.1) is 0 Å². The fraction of sp³-hybridized carbons (Fsp3) is 0.0417. The molecule has 0 aromatic heterocycles. The molecule has 0 spiro atoms. The SMILES string of the molecule is COC(/C=C/C=C/C=C1C=C(c2ccccc2)SC(c2ccccc2)=C1)=C(\C=C\C=C\C=C1C=C(c2ccccc2)SC(c2ccccc2)=C1)OC. The molecule has 4 aromatic carbocycles. The maximum absolute atomic E-state index is 5.68. The quantitative estimate of drug-likeness (QED) is 0.107. The Kier molecular flexibility index (Phi) is 13.2. The van der Waals surface area contributed by atoms with Crippen LogP contribution in [0.4, 0.5) is 0 Å². The predicted molar refractivity (Wildman–Crippen MR) is 227 cm³/mol. The van der Waals surface area contributed by atoms with Crippen molar-refractivity contribution in [1.82, 2.24) is 0 Å². The van der Waals surface area contributed by atoms with Crippen LogP contribution in [0.15, 0.2) is 229 Å². The number of hydrogen-bond donors (Lipinski definition) is 0. The number of allylic oxidation sites excluding steroid dienone is 16. The number of benzene rings is 4. The molecule has 4 heteroatoms. The van der Waals surface area contributed by atoms with Gasteiger partial charge in [0.15, 0.2) is 11.5 Å². The summed E-state index contributed by atoms with van der Waals surface area (Å²) in [6.07, 6.45) is 29.0. The molecule has 6 rings (SSSR count). The summed E-state index contributed by atoms with van der Waals surface area (Å²) in [4.78, 5) is 4.90. The second-order valence-corrected chi connectivity index (χ2v) is 13.8. The van der Waals surface area contributed by atoms with E-state index in [1.807, 2.05) is 48.6 Å². The number of thioether (sulfide) groups is 2. The van der Waals surface area contributed by atoms with Crippen LogP contribution in [0.3, 0.4) is 0 Å². The first kappa shape index (κ1) is 36.1. The van der Waals surface area contributed by atoms with Crippen molar-refractivity contribution in [3.63, 3.8) is 0 Å². The highest BCUT2D eigenvalue weighted by Crippen LogP contribution is 2.45. The van der Waals surface area contributed by atoms with Crippen LogP contribution in [-0.4, -0.2) is 14.2 Å². The van der Waals surface area contributed by atoms with Crippen LogP contribution in [0.1, 0.15) is 22.3 Å². The van der Waals surface area contributed by atoms with Crippen LogP contribution >= 0.6 is 23.5 Å². The van der Waals surface area contributed by atoms with E-state index in [9.17, 15) is 0 Å². The maximum atomic E-state index is 5.68. The average Bonchev–Trinajstić information content (AvgIpc) is 3.22. The van der Waals surface area contributed by atoms with Crippen molar-refractivity contribution in [3.8, 4) is 0 Å². The van der Waals surface area contributed by atoms with E-state index in [0.29, 0.717) is 11.5 Å². The second kappa shape index (κ2) is 19.1. The molecule has 2 heterocycles. The first-order chi connectivity index (χ1) is 25.7. The predicted octanol–water partition coefficient (Wildman–Crippen LogP) is 13.2. The summed E-state index contributed by atoms with van der Waals surface area (Å²) in [6, 6.07) is 42.1. The van der Waals surface area contributed by atoms with E-state index in [1.54, 1.807) is 37.7 Å². The molecule has 0 fully saturated rings. The van der Waals surface area contributed by atoms with Crippen LogP contribution in [0, 0.1) is 0 Å². The number of hydrogen-bond acceptors (Lipinski definition) is 4. The molecule has 52 heavy (non-hydrogen) atoms. The Hall–Kier alpha value is -5.68. The van der Waals surface area contributed by atoms with Gasteiger partial charge in [0.1, 0.15) is 0 Å². The summed E-state index contributed by atoms with van der Waals surface area (Å²) in [5, 5.41) is 0. The zero-order valence-corrected chi connectivity index (χ0v) is 30.9. The summed E-state index contributed by atoms with van der Waals surface area (Å²) in [6.45, 7) is 0. The molecule has 0 bridgehead atoms. The highest BCUT2D eigenvalue weighted by Gasteiger charge is 2.15. The van der Waals surface area contributed by atoms with Crippen molar-refractivity contribution in [1.29, 1.82) is 0 Å². The zero-order chi connectivity index (χ0) is 35.8. The van der Waals surface area contributed by atoms with Crippen molar-refractivity contribution in [2.45, 2.75) is 0 Å². The standard InChI is InChI=1S/C48H40O2S2/c1-49-43(31-19-3-9-21-37-33-45(39-23-11-5-12-24-39)51-46(34-37)40-25-13-6-14-26-40)44(50-2)32-20-4-10-22-38-35-47(41-27-15-7-16-28-41)52-48(36-38)42-29-17-8-18-30-42/h3-36H,1-2H3/b9-3+,10-4+,31-19+,32-20+,44-43+. The smallest absolute Gasteiger partial charge is 0.160 e. The second-order valence-electron chi connectivity index (χ2n) is 11.7. The molecule has 0 N–H and O–H groups in total. The lowest BCUT2D eigenvalue weighted by molar-refractivity contribution is 0.241. The first-order valence-electron chi connectivity index (χ1n) is 17.1. The van der Waals surface area contributed by atoms with Crippen LogP contribution in [0.25, 0.3) is 19.6 Å². The summed E-state index contributed by atoms with van der Waals surface area (Å²) in [7, 11) is 3.30. The van der Waals surface area contributed by atoms with E-state index < -0.39 is 0 Å². The van der Waals surface area contributed by atoms with Gasteiger partial charge < -0.3 is 9.47 Å². The minimum Gasteiger partial charge on any atom is -0.493 e. The number of ether oxygens (including phenoxy) is 2. The minimum atomic E-state index is 0.629. The van der Waals surface area contributed by atoms with Crippen molar-refractivity contribution < 1.29 is 9.47 Å². The van der Waals surface area contributed by atoms with Gasteiger partial charge in [-0.3, -0.25) is 0 Å². The third-order valence-corrected chi connectivity index (χ3v) is 10.4. The zero-order valence-electron chi connectivity index (χ0n) is 29.3. The summed E-state index contributed by atoms with van der Waals surface area (Å²) >= 11 is 3.60. The lowest BCUT2D eigenvalue weighted by atomic mass is 10.1. The molecule has 0 aliphatic carbocycles. The summed E-state index contributed by atoms with van der Waals surface area (Å²) in [5.74, 6) is 1.26. The van der Waals surface area contributed by atoms with E-state index in [2.05, 4.69) is 158 Å². The topological polar surface area (TPSA) is 18.5 Å². The normalized spacial score (nSPS) is 15.3. The molecule has 0 amide bonds. The van der Waals surface area contributed by atoms with Gasteiger partial charge in [-0.2, -0.15) is 0 Å². The molecule has 0 radical (unpaired) electrons. The molecule has 0 saturated heterocycles. The van der Waals surface area contributed by atoms with Gasteiger partial charge in [0, 0.05) is 19.6 Å². The fourth-order valence-corrected chi connectivity index (χ4v) is 7.73. The highest BCUT2D eigenvalue weighted by atomic mass is 32.2. The maximum Gasteiger partial charge on any atom is 0.160 e. The molecular formula is C48H40O2S2. The van der Waals surface area contributed by atoms with Gasteiger partial charge in [-0.1, -0.05) is 193 Å². The fourth-order valence-electron chi connectivity index (χ4n) is 5.46. The van der Waals surface area contributed by atoms with Crippen molar-refractivity contribution in [2.75, 3.05) is 14.2 Å². The third kappa shape index (κ3) is 10.2. The Morgan fingerprint density at radius 2 is 0.673 bits per heavy atom. The van der Waals surface area contributed by atoms with Gasteiger partial charge in [-0.25, -0.2) is 0 Å². The Morgan fingerprint density at radius 1 is 0.385 bits per heavy atom. The third-order valence-electron chi connectivity index (χ3n) is 8.06. The molecule has 2 nitrogen and oxygen atoms in total. The van der Waals surface area contributed by atoms with Crippen LogP contribution < -0.4 is 0 Å². The summed E-state index contributed by atoms with van der Waals surface area (Å²) < 4.78 is 11.4. The van der Waals surface area contributed by atoms with Crippen LogP contribution in [-0.2, 0) is 9.47 Å². The molecule has 0 unspecified atom stereocenters. The Labute approximate surface area is 316 Å². The van der Waals surface area contributed by atoms with Gasteiger partial charge in [0.2, 0.25) is 0 Å². The molecule has 2 aliphatic heterocycles. The Balaban J connectivity index is 1.16. The molecule has 0 saturated carbocycles. The molecule has 256 valence electrons. The largest absolute Gasteiger partial charge is 0.493 e. The van der Waals surface area contributed by atoms with Gasteiger partial charge in [-0.05, 0) is 69.9 Å². The molecule has 4 aromatic rings. The van der Waals surface area contributed by atoms with Gasteiger partial charge >= 0.3 is 0 Å². The highest BCUT2D eigenvalue weighted by molar-refractivity contribution is 8.17. The van der Waals surface area contributed by atoms with E-state index in [0.717, 1.165) is 11.1 Å². The number of methoxy groups -OCH3 is 2. The van der Waals surface area contributed by atoms with Gasteiger partial charge in [0.05, 0.1) is 14.2 Å². The van der Waals surface area contributed by atoms with Crippen LogP contribution in [0.2, 0.25) is 0 Å². The minimum absolute atomic E-state index is 0.629. The van der Waals surface area contributed by atoms with Gasteiger partial charge in [0.25, 0.3) is 0 Å². The Morgan fingerprint density at radius 3 is 0.942 bits per heavy atom. The molecule has 2 aliphatic rings. The molecular weight excluding hydrogens is 673 g/mol. The van der Waals surface area contributed by atoms with E-state index in [4.69, 9.17) is 9.47 Å². The number of rotatable bonds is 12. The van der Waals surface area contributed by atoms with E-state index in [-0.39, 0.29) is 0 Å². The average molecular weight is 713 g/mol. The van der Waals surface area contributed by atoms with Crippen molar-refractivity contribution in [2.24, 2.45) is 0 Å². The molecule has 0 atom stereocenters. The van der Waals surface area contributed by atoms with Crippen LogP contribution in [0.5, 0.6) is 0 Å². The van der Waals surface area contributed by atoms with Crippen molar-refractivity contribution in [3.05, 3.63) is 251 Å². The summed E-state index contributed by atoms with van der Waals surface area (Å²) in [5.41, 5.74) is 7.11. The van der Waals surface area contributed by atoms with E-state index >= 15 is 0 Å².